The molecule has 1 aromatic heterocycles. The molecule has 0 unspecified atom stereocenters. The number of nitrogens with zero attached hydrogens (tertiary/aromatic N) is 2. The second-order valence-corrected chi connectivity index (χ2v) is 6.74. The Hall–Kier alpha value is -1.92. The van der Waals surface area contributed by atoms with E-state index in [0.717, 1.165) is 23.7 Å². The summed E-state index contributed by atoms with van der Waals surface area (Å²) in [5, 5.41) is 10.7. The van der Waals surface area contributed by atoms with Gasteiger partial charge in [0.25, 0.3) is 0 Å². The van der Waals surface area contributed by atoms with Gasteiger partial charge < -0.3 is 15.0 Å². The van der Waals surface area contributed by atoms with Gasteiger partial charge in [-0.2, -0.15) is 5.10 Å². The minimum Gasteiger partial charge on any atom is -0.497 e. The minimum absolute atomic E-state index is 0.303. The van der Waals surface area contributed by atoms with Crippen molar-refractivity contribution in [2.45, 2.75) is 25.4 Å². The monoisotopic (exact) mass is 330 g/mol. The van der Waals surface area contributed by atoms with Crippen molar-refractivity contribution in [3.63, 3.8) is 0 Å². The maximum Gasteiger partial charge on any atom is 0.136 e. The lowest BCUT2D eigenvalue weighted by atomic mass is 9.84. The quantitative estimate of drug-likeness (QED) is 0.884. The number of hydrogen-bond acceptors (Lipinski definition) is 4. The Labute approximate surface area is 141 Å². The fourth-order valence-corrected chi connectivity index (χ4v) is 3.94. The van der Waals surface area contributed by atoms with Crippen LogP contribution < -0.4 is 10.1 Å². The first-order valence-electron chi connectivity index (χ1n) is 8.56. The number of ether oxygens (including phenoxy) is 1. The third-order valence-electron chi connectivity index (χ3n) is 5.37. The number of H-pyrrole nitrogens is 1. The molecule has 6 heteroatoms. The summed E-state index contributed by atoms with van der Waals surface area (Å²) >= 11 is 0. The number of fused-ring (bicyclic) bond motifs is 3. The SMILES string of the molecule is COc1ccc(-c2[nH]ncc2CN[C@H]2CN3CCC2CC3)c(F)c1. The molecule has 1 aromatic carbocycles. The summed E-state index contributed by atoms with van der Waals surface area (Å²) < 4.78 is 19.4. The van der Waals surface area contributed by atoms with Crippen LogP contribution in [0.5, 0.6) is 5.75 Å². The van der Waals surface area contributed by atoms with Gasteiger partial charge in [0.1, 0.15) is 11.6 Å². The van der Waals surface area contributed by atoms with Crippen LogP contribution in [0.15, 0.2) is 24.4 Å². The zero-order valence-electron chi connectivity index (χ0n) is 13.9. The highest BCUT2D eigenvalue weighted by Gasteiger charge is 2.33. The molecule has 0 aliphatic carbocycles. The lowest BCUT2D eigenvalue weighted by Crippen LogP contribution is -2.55. The van der Waals surface area contributed by atoms with Crippen LogP contribution in [0.3, 0.4) is 0 Å². The summed E-state index contributed by atoms with van der Waals surface area (Å²) in [5.41, 5.74) is 2.26. The van der Waals surface area contributed by atoms with Crippen molar-refractivity contribution in [2.24, 2.45) is 5.92 Å². The number of benzene rings is 1. The number of rotatable bonds is 5. The van der Waals surface area contributed by atoms with Crippen molar-refractivity contribution < 1.29 is 9.13 Å². The summed E-state index contributed by atoms with van der Waals surface area (Å²) in [6.45, 7) is 4.29. The van der Waals surface area contributed by atoms with Crippen LogP contribution in [0.25, 0.3) is 11.3 Å². The zero-order chi connectivity index (χ0) is 16.5. The number of hydrogen-bond donors (Lipinski definition) is 2. The van der Waals surface area contributed by atoms with Gasteiger partial charge in [-0.25, -0.2) is 4.39 Å². The van der Waals surface area contributed by atoms with Gasteiger partial charge in [0.05, 0.1) is 19.0 Å². The second-order valence-electron chi connectivity index (χ2n) is 6.74. The van der Waals surface area contributed by atoms with Crippen molar-refractivity contribution in [1.82, 2.24) is 20.4 Å². The van der Waals surface area contributed by atoms with E-state index in [4.69, 9.17) is 4.74 Å². The molecular formula is C18H23FN4O. The summed E-state index contributed by atoms with van der Waals surface area (Å²) in [5.74, 6) is 0.980. The Balaban J connectivity index is 1.49. The summed E-state index contributed by atoms with van der Waals surface area (Å²) in [6, 6.07) is 5.43. The molecule has 0 radical (unpaired) electrons. The Kier molecular flexibility index (Phi) is 4.24. The van der Waals surface area contributed by atoms with Crippen LogP contribution in [0, 0.1) is 11.7 Å². The van der Waals surface area contributed by atoms with Gasteiger partial charge in [0.2, 0.25) is 0 Å². The van der Waals surface area contributed by atoms with Gasteiger partial charge in [-0.15, -0.1) is 0 Å². The third-order valence-corrected chi connectivity index (χ3v) is 5.37. The summed E-state index contributed by atoms with van der Waals surface area (Å²) in [6.07, 6.45) is 4.35. The smallest absolute Gasteiger partial charge is 0.136 e. The summed E-state index contributed by atoms with van der Waals surface area (Å²) in [7, 11) is 1.54. The fraction of sp³-hybridized carbons (Fsp3) is 0.500. The first-order chi connectivity index (χ1) is 11.7. The molecule has 3 fully saturated rings. The van der Waals surface area contributed by atoms with Gasteiger partial charge in [-0.05, 0) is 44.0 Å². The number of aromatic amines is 1. The van der Waals surface area contributed by atoms with Crippen molar-refractivity contribution in [2.75, 3.05) is 26.7 Å². The Morgan fingerprint density at radius 3 is 2.88 bits per heavy atom. The number of piperidine rings is 3. The van der Waals surface area contributed by atoms with Gasteiger partial charge in [0.15, 0.2) is 0 Å². The number of aromatic nitrogens is 2. The number of methoxy groups -OCH3 is 1. The van der Waals surface area contributed by atoms with Gasteiger partial charge >= 0.3 is 0 Å². The minimum atomic E-state index is -0.303. The van der Waals surface area contributed by atoms with Crippen molar-refractivity contribution in [3.05, 3.63) is 35.8 Å². The maximum absolute atomic E-state index is 14.3. The van der Waals surface area contributed by atoms with E-state index in [1.54, 1.807) is 18.3 Å². The summed E-state index contributed by atoms with van der Waals surface area (Å²) in [4.78, 5) is 2.52. The molecule has 1 atom stereocenters. The van der Waals surface area contributed by atoms with Gasteiger partial charge in [-0.3, -0.25) is 5.10 Å². The maximum atomic E-state index is 14.3. The first-order valence-corrected chi connectivity index (χ1v) is 8.56. The van der Waals surface area contributed by atoms with Crippen molar-refractivity contribution in [1.29, 1.82) is 0 Å². The van der Waals surface area contributed by atoms with E-state index in [1.165, 1.54) is 39.1 Å². The first kappa shape index (κ1) is 15.6. The van der Waals surface area contributed by atoms with Crippen LogP contribution in [-0.4, -0.2) is 47.9 Å². The largest absolute Gasteiger partial charge is 0.497 e. The predicted molar refractivity (Wildman–Crippen MR) is 90.3 cm³/mol. The molecule has 0 amide bonds. The molecule has 0 saturated carbocycles. The lowest BCUT2D eigenvalue weighted by molar-refractivity contribution is 0.0720. The van der Waals surface area contributed by atoms with E-state index in [9.17, 15) is 4.39 Å². The molecule has 5 rings (SSSR count). The highest BCUT2D eigenvalue weighted by atomic mass is 19.1. The van der Waals surface area contributed by atoms with E-state index in [1.807, 2.05) is 0 Å². The van der Waals surface area contributed by atoms with Crippen LogP contribution in [0.2, 0.25) is 0 Å². The molecule has 5 nitrogen and oxygen atoms in total. The average molecular weight is 330 g/mol. The Morgan fingerprint density at radius 2 is 2.21 bits per heavy atom. The predicted octanol–water partition coefficient (Wildman–Crippen LogP) is 2.41. The molecule has 2 bridgehead atoms. The molecule has 3 saturated heterocycles. The van der Waals surface area contributed by atoms with Gasteiger partial charge in [0, 0.05) is 36.3 Å². The standard InChI is InChI=1S/C18H23FN4O/c1-24-14-2-3-15(16(19)8-14)18-13(10-21-22-18)9-20-17-11-23-6-4-12(17)5-7-23/h2-3,8,10,12,17,20H,4-7,9,11H2,1H3,(H,21,22)/t17-/m0/s1. The van der Waals surface area contributed by atoms with E-state index >= 15 is 0 Å². The van der Waals surface area contributed by atoms with E-state index in [-0.39, 0.29) is 5.82 Å². The molecular weight excluding hydrogens is 307 g/mol. The van der Waals surface area contributed by atoms with Crippen LogP contribution in [0.1, 0.15) is 18.4 Å². The molecule has 2 aromatic rings. The van der Waals surface area contributed by atoms with E-state index in [2.05, 4.69) is 20.4 Å². The topological polar surface area (TPSA) is 53.2 Å². The van der Waals surface area contributed by atoms with E-state index < -0.39 is 0 Å². The second kappa shape index (κ2) is 6.53. The number of nitrogens with one attached hydrogen (secondary N) is 2. The Morgan fingerprint density at radius 1 is 1.38 bits per heavy atom. The molecule has 128 valence electrons. The average Bonchev–Trinajstić information content (AvgIpc) is 3.09. The molecule has 2 N–H and O–H groups in total. The van der Waals surface area contributed by atoms with Crippen LogP contribution in [0.4, 0.5) is 4.39 Å². The van der Waals surface area contributed by atoms with Crippen molar-refractivity contribution >= 4 is 0 Å². The molecule has 3 aliphatic rings. The molecule has 24 heavy (non-hydrogen) atoms. The fourth-order valence-electron chi connectivity index (χ4n) is 3.94. The van der Waals surface area contributed by atoms with Crippen LogP contribution in [-0.2, 0) is 6.54 Å². The highest BCUT2D eigenvalue weighted by molar-refractivity contribution is 5.64. The van der Waals surface area contributed by atoms with E-state index in [0.29, 0.717) is 23.9 Å². The highest BCUT2D eigenvalue weighted by Crippen LogP contribution is 2.29. The molecule has 0 spiro atoms. The Bertz CT molecular complexity index is 709. The van der Waals surface area contributed by atoms with Crippen molar-refractivity contribution in [3.8, 4) is 17.0 Å². The molecule has 3 aliphatic heterocycles. The van der Waals surface area contributed by atoms with Gasteiger partial charge in [-0.1, -0.05) is 0 Å². The normalized spacial score (nSPS) is 25.8. The van der Waals surface area contributed by atoms with Crippen LogP contribution >= 0.6 is 0 Å². The third kappa shape index (κ3) is 2.91. The lowest BCUT2D eigenvalue weighted by Gasteiger charge is -2.45. The zero-order valence-corrected chi connectivity index (χ0v) is 13.9. The molecule has 4 heterocycles. The number of halogens is 1.